The van der Waals surface area contributed by atoms with E-state index in [0.717, 1.165) is 26.1 Å². The second kappa shape index (κ2) is 5.73. The summed E-state index contributed by atoms with van der Waals surface area (Å²) in [6, 6.07) is 5.76. The summed E-state index contributed by atoms with van der Waals surface area (Å²) < 4.78 is 12.7. The molecule has 0 N–H and O–H groups in total. The lowest BCUT2D eigenvalue weighted by molar-refractivity contribution is 0.0966. The van der Waals surface area contributed by atoms with E-state index in [9.17, 15) is 9.18 Å². The summed E-state index contributed by atoms with van der Waals surface area (Å²) in [5, 5.41) is 0. The normalized spacial score (nSPS) is 16.1. The zero-order chi connectivity index (χ0) is 12.1. The van der Waals surface area contributed by atoms with Gasteiger partial charge in [-0.15, -0.1) is 0 Å². The molecule has 1 aromatic carbocycles. The molecule has 0 bridgehead atoms. The van der Waals surface area contributed by atoms with Gasteiger partial charge in [-0.3, -0.25) is 9.69 Å². The molecule has 0 saturated heterocycles. The van der Waals surface area contributed by atoms with E-state index in [1.165, 1.54) is 12.1 Å². The molecule has 3 heteroatoms. The summed E-state index contributed by atoms with van der Waals surface area (Å²) >= 11 is 0. The van der Waals surface area contributed by atoms with Crippen molar-refractivity contribution in [3.05, 3.63) is 47.8 Å². The first-order chi connectivity index (χ1) is 8.25. The Labute approximate surface area is 101 Å². The summed E-state index contributed by atoms with van der Waals surface area (Å²) in [4.78, 5) is 14.1. The highest BCUT2D eigenvalue weighted by atomic mass is 19.1. The third-order valence-corrected chi connectivity index (χ3v) is 2.96. The molecule has 2 rings (SSSR count). The number of nitrogens with zero attached hydrogens (tertiary/aromatic N) is 1. The molecule has 0 fully saturated rings. The number of carbonyl (C=O) groups is 1. The Balaban J connectivity index is 1.84. The van der Waals surface area contributed by atoms with Gasteiger partial charge in [0, 0.05) is 31.6 Å². The molecule has 0 spiro atoms. The third kappa shape index (κ3) is 3.49. The predicted molar refractivity (Wildman–Crippen MR) is 65.5 cm³/mol. The predicted octanol–water partition coefficient (Wildman–Crippen LogP) is 2.66. The third-order valence-electron chi connectivity index (χ3n) is 2.96. The van der Waals surface area contributed by atoms with Crippen LogP contribution in [0.1, 0.15) is 23.2 Å². The van der Waals surface area contributed by atoms with Crippen molar-refractivity contribution in [2.75, 3.05) is 19.6 Å². The highest BCUT2D eigenvalue weighted by Crippen LogP contribution is 2.08. The van der Waals surface area contributed by atoms with Crippen LogP contribution in [0.25, 0.3) is 0 Å². The Morgan fingerprint density at radius 2 is 2.00 bits per heavy atom. The number of carbonyl (C=O) groups excluding carboxylic acids is 1. The topological polar surface area (TPSA) is 20.3 Å². The Kier molecular flexibility index (Phi) is 4.04. The van der Waals surface area contributed by atoms with Gasteiger partial charge in [-0.2, -0.15) is 0 Å². The van der Waals surface area contributed by atoms with Gasteiger partial charge in [-0.1, -0.05) is 12.2 Å². The van der Waals surface area contributed by atoms with Crippen LogP contribution in [-0.4, -0.2) is 30.3 Å². The highest BCUT2D eigenvalue weighted by molar-refractivity contribution is 5.96. The molecular formula is C14H16FNO. The van der Waals surface area contributed by atoms with Gasteiger partial charge in [-0.05, 0) is 30.7 Å². The summed E-state index contributed by atoms with van der Waals surface area (Å²) in [5.41, 5.74) is 0.596. The van der Waals surface area contributed by atoms with Gasteiger partial charge < -0.3 is 0 Å². The zero-order valence-electron chi connectivity index (χ0n) is 9.73. The number of halogens is 1. The standard InChI is InChI=1S/C14H16FNO/c15-13-6-4-12(5-7-13)14(17)8-11-16-9-2-1-3-10-16/h1-2,4-7H,3,8-11H2. The second-order valence-electron chi connectivity index (χ2n) is 4.24. The molecule has 0 aromatic heterocycles. The number of rotatable bonds is 4. The molecule has 0 aliphatic carbocycles. The molecule has 1 aliphatic rings. The van der Waals surface area contributed by atoms with Gasteiger partial charge in [0.05, 0.1) is 0 Å². The lowest BCUT2D eigenvalue weighted by atomic mass is 10.1. The Hall–Kier alpha value is -1.48. The average Bonchev–Trinajstić information content (AvgIpc) is 2.38. The van der Waals surface area contributed by atoms with Crippen molar-refractivity contribution in [2.45, 2.75) is 12.8 Å². The highest BCUT2D eigenvalue weighted by Gasteiger charge is 2.10. The fraction of sp³-hybridized carbons (Fsp3) is 0.357. The van der Waals surface area contributed by atoms with E-state index in [1.54, 1.807) is 12.1 Å². The Bertz CT molecular complexity index is 411. The van der Waals surface area contributed by atoms with Crippen molar-refractivity contribution in [1.82, 2.24) is 4.90 Å². The maximum Gasteiger partial charge on any atom is 0.164 e. The molecule has 0 amide bonds. The van der Waals surface area contributed by atoms with Crippen LogP contribution >= 0.6 is 0 Å². The molecule has 0 radical (unpaired) electrons. The Morgan fingerprint density at radius 1 is 1.24 bits per heavy atom. The zero-order valence-corrected chi connectivity index (χ0v) is 9.73. The number of hydrogen-bond acceptors (Lipinski definition) is 2. The van der Waals surface area contributed by atoms with E-state index >= 15 is 0 Å². The van der Waals surface area contributed by atoms with E-state index < -0.39 is 0 Å². The molecule has 0 atom stereocenters. The van der Waals surface area contributed by atoms with Crippen LogP contribution in [-0.2, 0) is 0 Å². The van der Waals surface area contributed by atoms with Crippen LogP contribution in [0.4, 0.5) is 4.39 Å². The van der Waals surface area contributed by atoms with E-state index in [0.29, 0.717) is 12.0 Å². The van der Waals surface area contributed by atoms with Gasteiger partial charge in [-0.25, -0.2) is 4.39 Å². The molecule has 1 heterocycles. The van der Waals surface area contributed by atoms with Crippen LogP contribution in [0.5, 0.6) is 0 Å². The second-order valence-corrected chi connectivity index (χ2v) is 4.24. The monoisotopic (exact) mass is 233 g/mol. The van der Waals surface area contributed by atoms with Gasteiger partial charge in [0.25, 0.3) is 0 Å². The van der Waals surface area contributed by atoms with Crippen LogP contribution in [0.15, 0.2) is 36.4 Å². The van der Waals surface area contributed by atoms with Gasteiger partial charge in [0.1, 0.15) is 5.82 Å². The van der Waals surface area contributed by atoms with Gasteiger partial charge >= 0.3 is 0 Å². The van der Waals surface area contributed by atoms with Crippen molar-refractivity contribution in [3.8, 4) is 0 Å². The first-order valence-corrected chi connectivity index (χ1v) is 5.92. The van der Waals surface area contributed by atoms with E-state index in [4.69, 9.17) is 0 Å². The van der Waals surface area contributed by atoms with E-state index in [-0.39, 0.29) is 11.6 Å². The van der Waals surface area contributed by atoms with Gasteiger partial charge in [0.15, 0.2) is 5.78 Å². The van der Waals surface area contributed by atoms with Crippen molar-refractivity contribution < 1.29 is 9.18 Å². The summed E-state index contributed by atoms with van der Waals surface area (Å²) in [7, 11) is 0. The van der Waals surface area contributed by atoms with Crippen LogP contribution in [0, 0.1) is 5.82 Å². The first-order valence-electron chi connectivity index (χ1n) is 5.92. The van der Waals surface area contributed by atoms with Crippen LogP contribution in [0.2, 0.25) is 0 Å². The largest absolute Gasteiger partial charge is 0.299 e. The molecule has 17 heavy (non-hydrogen) atoms. The van der Waals surface area contributed by atoms with Crippen molar-refractivity contribution in [2.24, 2.45) is 0 Å². The maximum absolute atomic E-state index is 12.7. The van der Waals surface area contributed by atoms with Crippen LogP contribution in [0.3, 0.4) is 0 Å². The lowest BCUT2D eigenvalue weighted by Gasteiger charge is -2.22. The van der Waals surface area contributed by atoms with Crippen molar-refractivity contribution in [3.63, 3.8) is 0 Å². The van der Waals surface area contributed by atoms with E-state index in [1.807, 2.05) is 0 Å². The van der Waals surface area contributed by atoms with Crippen molar-refractivity contribution >= 4 is 5.78 Å². The minimum Gasteiger partial charge on any atom is -0.299 e. The fourth-order valence-corrected chi connectivity index (χ4v) is 1.93. The number of Topliss-reactive ketones (excluding diaryl/α,β-unsaturated/α-hetero) is 1. The average molecular weight is 233 g/mol. The molecule has 0 unspecified atom stereocenters. The van der Waals surface area contributed by atoms with E-state index in [2.05, 4.69) is 17.1 Å². The Morgan fingerprint density at radius 3 is 2.65 bits per heavy atom. The number of ketones is 1. The first kappa shape index (κ1) is 12.0. The smallest absolute Gasteiger partial charge is 0.164 e. The number of hydrogen-bond donors (Lipinski definition) is 0. The number of benzene rings is 1. The SMILES string of the molecule is O=C(CCN1CC=CCC1)c1ccc(F)cc1. The minimum atomic E-state index is -0.303. The minimum absolute atomic E-state index is 0.0829. The lowest BCUT2D eigenvalue weighted by Crippen LogP contribution is -2.29. The quantitative estimate of drug-likeness (QED) is 0.588. The molecule has 2 nitrogen and oxygen atoms in total. The fourth-order valence-electron chi connectivity index (χ4n) is 1.93. The molecular weight excluding hydrogens is 217 g/mol. The molecule has 0 saturated carbocycles. The summed E-state index contributed by atoms with van der Waals surface area (Å²) in [6.45, 7) is 2.73. The maximum atomic E-state index is 12.7. The molecule has 1 aromatic rings. The summed E-state index contributed by atoms with van der Waals surface area (Å²) in [6.07, 6.45) is 5.86. The van der Waals surface area contributed by atoms with Crippen LogP contribution < -0.4 is 0 Å². The summed E-state index contributed by atoms with van der Waals surface area (Å²) in [5.74, 6) is -0.220. The van der Waals surface area contributed by atoms with Crippen molar-refractivity contribution in [1.29, 1.82) is 0 Å². The van der Waals surface area contributed by atoms with Gasteiger partial charge in [0.2, 0.25) is 0 Å². The molecule has 90 valence electrons. The molecule has 1 aliphatic heterocycles.